The minimum absolute atomic E-state index is 0.132. The van der Waals surface area contributed by atoms with Crippen LogP contribution in [0, 0.1) is 5.82 Å². The van der Waals surface area contributed by atoms with Crippen molar-refractivity contribution in [3.8, 4) is 0 Å². The molecular formula is C22H26ClFN4O2. The molecule has 0 bridgehead atoms. The van der Waals surface area contributed by atoms with Crippen LogP contribution in [-0.2, 0) is 16.1 Å². The van der Waals surface area contributed by atoms with Crippen molar-refractivity contribution in [2.75, 3.05) is 39.8 Å². The summed E-state index contributed by atoms with van der Waals surface area (Å²) in [4.78, 5) is 29.0. The first-order valence-corrected chi connectivity index (χ1v) is 10.3. The molecular weight excluding hydrogens is 407 g/mol. The van der Waals surface area contributed by atoms with Crippen molar-refractivity contribution in [1.82, 2.24) is 20.4 Å². The van der Waals surface area contributed by atoms with Crippen LogP contribution in [0.5, 0.6) is 0 Å². The third-order valence-corrected chi connectivity index (χ3v) is 5.51. The van der Waals surface area contributed by atoms with Gasteiger partial charge in [0.25, 0.3) is 0 Å². The van der Waals surface area contributed by atoms with Gasteiger partial charge in [-0.3, -0.25) is 14.5 Å². The van der Waals surface area contributed by atoms with Gasteiger partial charge in [0.2, 0.25) is 0 Å². The van der Waals surface area contributed by atoms with Gasteiger partial charge in [0.15, 0.2) is 0 Å². The smallest absolute Gasteiger partial charge is 0.309 e. The number of amides is 2. The third-order valence-electron chi connectivity index (χ3n) is 5.26. The van der Waals surface area contributed by atoms with Gasteiger partial charge in [-0.25, -0.2) is 4.39 Å². The molecule has 0 saturated carbocycles. The van der Waals surface area contributed by atoms with E-state index >= 15 is 0 Å². The van der Waals surface area contributed by atoms with E-state index in [1.165, 1.54) is 12.1 Å². The standard InChI is InChI=1S/C22H26ClFN4O2/c1-27-10-12-28(13-11-27)20(17-4-8-19(24)9-5-17)15-26-22(30)21(29)25-14-16-2-6-18(23)7-3-16/h2-9,20H,10-15H2,1H3,(H,25,29)(H,26,30). The monoisotopic (exact) mass is 432 g/mol. The van der Waals surface area contributed by atoms with E-state index in [0.717, 1.165) is 37.3 Å². The Hall–Kier alpha value is -2.48. The van der Waals surface area contributed by atoms with Crippen molar-refractivity contribution in [1.29, 1.82) is 0 Å². The molecule has 30 heavy (non-hydrogen) atoms. The van der Waals surface area contributed by atoms with Crippen LogP contribution in [0.1, 0.15) is 17.2 Å². The molecule has 0 aromatic heterocycles. The summed E-state index contributed by atoms with van der Waals surface area (Å²) in [5.74, 6) is -1.69. The minimum atomic E-state index is -0.693. The zero-order valence-corrected chi connectivity index (χ0v) is 17.7. The van der Waals surface area contributed by atoms with Gasteiger partial charge >= 0.3 is 11.8 Å². The molecule has 1 fully saturated rings. The van der Waals surface area contributed by atoms with Crippen molar-refractivity contribution in [2.24, 2.45) is 0 Å². The van der Waals surface area contributed by atoms with Crippen molar-refractivity contribution in [3.05, 3.63) is 70.5 Å². The molecule has 2 N–H and O–H groups in total. The van der Waals surface area contributed by atoms with Crippen molar-refractivity contribution < 1.29 is 14.0 Å². The van der Waals surface area contributed by atoms with Crippen LogP contribution in [0.2, 0.25) is 5.02 Å². The number of halogens is 2. The molecule has 1 saturated heterocycles. The topological polar surface area (TPSA) is 64.7 Å². The molecule has 0 spiro atoms. The van der Waals surface area contributed by atoms with Crippen LogP contribution in [0.25, 0.3) is 0 Å². The lowest BCUT2D eigenvalue weighted by atomic mass is 10.0. The number of hydrogen-bond acceptors (Lipinski definition) is 4. The van der Waals surface area contributed by atoms with Crippen LogP contribution in [-0.4, -0.2) is 61.4 Å². The summed E-state index contributed by atoms with van der Waals surface area (Å²) >= 11 is 5.85. The maximum atomic E-state index is 13.4. The fraction of sp³-hybridized carbons (Fsp3) is 0.364. The number of nitrogens with one attached hydrogen (secondary N) is 2. The lowest BCUT2D eigenvalue weighted by molar-refractivity contribution is -0.139. The fourth-order valence-electron chi connectivity index (χ4n) is 3.41. The predicted molar refractivity (Wildman–Crippen MR) is 115 cm³/mol. The highest BCUT2D eigenvalue weighted by atomic mass is 35.5. The zero-order chi connectivity index (χ0) is 21.5. The van der Waals surface area contributed by atoms with Gasteiger partial charge in [-0.2, -0.15) is 0 Å². The number of nitrogens with zero attached hydrogens (tertiary/aromatic N) is 2. The molecule has 2 aromatic rings. The van der Waals surface area contributed by atoms with Crippen LogP contribution in [0.4, 0.5) is 4.39 Å². The molecule has 1 atom stereocenters. The third kappa shape index (κ3) is 6.26. The largest absolute Gasteiger partial charge is 0.346 e. The fourth-order valence-corrected chi connectivity index (χ4v) is 3.54. The van der Waals surface area contributed by atoms with E-state index in [0.29, 0.717) is 5.02 Å². The number of piperazine rings is 1. The Kier molecular flexibility index (Phi) is 7.79. The Bertz CT molecular complexity index is 852. The molecule has 0 aliphatic carbocycles. The van der Waals surface area contributed by atoms with E-state index in [9.17, 15) is 14.0 Å². The highest BCUT2D eigenvalue weighted by Crippen LogP contribution is 2.22. The molecule has 1 unspecified atom stereocenters. The molecule has 160 valence electrons. The van der Waals surface area contributed by atoms with Gasteiger partial charge in [0.1, 0.15) is 5.82 Å². The first-order valence-electron chi connectivity index (χ1n) is 9.91. The number of likely N-dealkylation sites (N-methyl/N-ethyl adjacent to an activating group) is 1. The van der Waals surface area contributed by atoms with Gasteiger partial charge in [-0.1, -0.05) is 35.9 Å². The Morgan fingerprint density at radius 2 is 1.57 bits per heavy atom. The highest BCUT2D eigenvalue weighted by Gasteiger charge is 2.25. The SMILES string of the molecule is CN1CCN(C(CNC(=O)C(=O)NCc2ccc(Cl)cc2)c2ccc(F)cc2)CC1. The van der Waals surface area contributed by atoms with Gasteiger partial charge in [-0.05, 0) is 42.4 Å². The van der Waals surface area contributed by atoms with E-state index in [4.69, 9.17) is 11.6 Å². The molecule has 1 heterocycles. The van der Waals surface area contributed by atoms with Crippen LogP contribution in [0.3, 0.4) is 0 Å². The van der Waals surface area contributed by atoms with Crippen molar-refractivity contribution in [3.63, 3.8) is 0 Å². The second-order valence-electron chi connectivity index (χ2n) is 7.43. The summed E-state index contributed by atoms with van der Waals surface area (Å²) in [6, 6.07) is 13.2. The first kappa shape index (κ1) is 22.2. The normalized spacial score (nSPS) is 16.1. The van der Waals surface area contributed by atoms with Crippen LogP contribution < -0.4 is 10.6 Å². The minimum Gasteiger partial charge on any atom is -0.346 e. The summed E-state index contributed by atoms with van der Waals surface area (Å²) in [5.41, 5.74) is 1.75. The van der Waals surface area contributed by atoms with E-state index in [2.05, 4.69) is 27.5 Å². The van der Waals surface area contributed by atoms with E-state index in [1.54, 1.807) is 36.4 Å². The highest BCUT2D eigenvalue weighted by molar-refractivity contribution is 6.35. The van der Waals surface area contributed by atoms with E-state index in [-0.39, 0.29) is 24.9 Å². The van der Waals surface area contributed by atoms with Gasteiger partial charge in [0, 0.05) is 44.3 Å². The van der Waals surface area contributed by atoms with Crippen LogP contribution >= 0.6 is 11.6 Å². The Morgan fingerprint density at radius 1 is 0.967 bits per heavy atom. The molecule has 3 rings (SSSR count). The number of benzene rings is 2. The summed E-state index contributed by atoms with van der Waals surface area (Å²) in [5, 5.41) is 5.95. The Labute approximate surface area is 181 Å². The number of rotatable bonds is 6. The maximum absolute atomic E-state index is 13.4. The Morgan fingerprint density at radius 3 is 2.20 bits per heavy atom. The molecule has 2 amide bonds. The van der Waals surface area contributed by atoms with Crippen LogP contribution in [0.15, 0.2) is 48.5 Å². The van der Waals surface area contributed by atoms with Gasteiger partial charge in [-0.15, -0.1) is 0 Å². The molecule has 6 nitrogen and oxygen atoms in total. The second kappa shape index (κ2) is 10.5. The quantitative estimate of drug-likeness (QED) is 0.687. The predicted octanol–water partition coefficient (Wildman–Crippen LogP) is 2.20. The summed E-state index contributed by atoms with van der Waals surface area (Å²) < 4.78 is 13.4. The average Bonchev–Trinajstić information content (AvgIpc) is 2.75. The lowest BCUT2D eigenvalue weighted by Gasteiger charge is -2.38. The second-order valence-corrected chi connectivity index (χ2v) is 7.86. The van der Waals surface area contributed by atoms with Crippen molar-refractivity contribution >= 4 is 23.4 Å². The Balaban J connectivity index is 1.58. The first-order chi connectivity index (χ1) is 14.4. The maximum Gasteiger partial charge on any atom is 0.309 e. The molecule has 2 aromatic carbocycles. The molecule has 8 heteroatoms. The average molecular weight is 433 g/mol. The number of carbonyl (C=O) groups excluding carboxylic acids is 2. The molecule has 0 radical (unpaired) electrons. The lowest BCUT2D eigenvalue weighted by Crippen LogP contribution is -2.49. The van der Waals surface area contributed by atoms with Crippen molar-refractivity contribution in [2.45, 2.75) is 12.6 Å². The summed E-state index contributed by atoms with van der Waals surface area (Å²) in [6.45, 7) is 3.99. The molecule has 1 aliphatic rings. The van der Waals surface area contributed by atoms with Gasteiger partial charge < -0.3 is 15.5 Å². The van der Waals surface area contributed by atoms with Gasteiger partial charge in [0.05, 0.1) is 6.04 Å². The number of carbonyl (C=O) groups is 2. The van der Waals surface area contributed by atoms with E-state index in [1.807, 2.05) is 0 Å². The van der Waals surface area contributed by atoms with E-state index < -0.39 is 11.8 Å². The number of hydrogen-bond donors (Lipinski definition) is 2. The summed E-state index contributed by atoms with van der Waals surface area (Å²) in [6.07, 6.45) is 0. The summed E-state index contributed by atoms with van der Waals surface area (Å²) in [7, 11) is 2.07. The zero-order valence-electron chi connectivity index (χ0n) is 16.9. The molecule has 1 aliphatic heterocycles.